The summed E-state index contributed by atoms with van der Waals surface area (Å²) < 4.78 is 1.60. The van der Waals surface area contributed by atoms with Gasteiger partial charge in [0.2, 0.25) is 11.8 Å². The lowest BCUT2D eigenvalue weighted by Gasteiger charge is -2.21. The van der Waals surface area contributed by atoms with Gasteiger partial charge in [0, 0.05) is 32.3 Å². The van der Waals surface area contributed by atoms with E-state index in [1.807, 2.05) is 0 Å². The molecule has 0 bridgehead atoms. The van der Waals surface area contributed by atoms with Crippen molar-refractivity contribution in [2.75, 3.05) is 13.1 Å². The Bertz CT molecular complexity index is 515. The molecule has 1 unspecified atom stereocenters. The fourth-order valence-electron chi connectivity index (χ4n) is 2.00. The first-order valence-electron chi connectivity index (χ1n) is 6.35. The summed E-state index contributed by atoms with van der Waals surface area (Å²) in [5, 5.41) is 14.1. The topological polar surface area (TPSA) is 113 Å². The third kappa shape index (κ3) is 3.56. The van der Waals surface area contributed by atoms with Crippen molar-refractivity contribution >= 4 is 17.8 Å². The summed E-state index contributed by atoms with van der Waals surface area (Å²) in [5.74, 6) is -1.38. The van der Waals surface area contributed by atoms with Gasteiger partial charge in [0.1, 0.15) is 0 Å². The zero-order chi connectivity index (χ0) is 14.5. The van der Waals surface area contributed by atoms with E-state index in [0.717, 1.165) is 0 Å². The molecule has 108 valence electrons. The maximum absolute atomic E-state index is 11.8. The number of carbonyl (C=O) groups is 3. The van der Waals surface area contributed by atoms with E-state index in [4.69, 9.17) is 5.11 Å². The molecule has 0 aromatic carbocycles. The number of nitrogens with one attached hydrogen (secondary N) is 2. The van der Waals surface area contributed by atoms with Gasteiger partial charge < -0.3 is 20.3 Å². The second-order valence-corrected chi connectivity index (χ2v) is 4.63. The van der Waals surface area contributed by atoms with Gasteiger partial charge in [-0.15, -0.1) is 0 Å². The Morgan fingerprint density at radius 1 is 1.55 bits per heavy atom. The molecule has 0 spiro atoms. The van der Waals surface area contributed by atoms with Crippen LogP contribution in [-0.2, 0) is 16.1 Å². The van der Waals surface area contributed by atoms with Crippen molar-refractivity contribution < 1.29 is 19.5 Å². The van der Waals surface area contributed by atoms with Crippen LogP contribution >= 0.6 is 0 Å². The van der Waals surface area contributed by atoms with Gasteiger partial charge in [-0.1, -0.05) is 0 Å². The fourth-order valence-corrected chi connectivity index (χ4v) is 2.00. The summed E-state index contributed by atoms with van der Waals surface area (Å²) in [6.07, 6.45) is 3.76. The van der Waals surface area contributed by atoms with E-state index in [-0.39, 0.29) is 23.4 Å². The van der Waals surface area contributed by atoms with Gasteiger partial charge in [-0.05, 0) is 6.42 Å². The monoisotopic (exact) mass is 280 g/mol. The van der Waals surface area contributed by atoms with Gasteiger partial charge in [-0.25, -0.2) is 9.78 Å². The fraction of sp³-hybridized carbons (Fsp3) is 0.500. The molecule has 1 aromatic rings. The summed E-state index contributed by atoms with van der Waals surface area (Å²) in [4.78, 5) is 37.2. The van der Waals surface area contributed by atoms with Crippen LogP contribution < -0.4 is 10.6 Å². The first-order chi connectivity index (χ1) is 9.56. The second-order valence-electron chi connectivity index (χ2n) is 4.63. The maximum Gasteiger partial charge on any atom is 0.356 e. The molecule has 3 N–H and O–H groups in total. The van der Waals surface area contributed by atoms with Gasteiger partial charge in [-0.2, -0.15) is 0 Å². The quantitative estimate of drug-likeness (QED) is 0.655. The number of aromatic nitrogens is 2. The van der Waals surface area contributed by atoms with Crippen LogP contribution in [0.4, 0.5) is 0 Å². The smallest absolute Gasteiger partial charge is 0.356 e. The van der Waals surface area contributed by atoms with E-state index in [1.165, 1.54) is 12.5 Å². The Hall–Kier alpha value is -2.38. The Labute approximate surface area is 115 Å². The summed E-state index contributed by atoms with van der Waals surface area (Å²) in [6.45, 7) is 1.21. The van der Waals surface area contributed by atoms with Crippen molar-refractivity contribution in [1.29, 1.82) is 0 Å². The number of nitrogens with zero attached hydrogens (tertiary/aromatic N) is 2. The molecule has 1 fully saturated rings. The maximum atomic E-state index is 11.8. The van der Waals surface area contributed by atoms with Crippen molar-refractivity contribution in [3.05, 3.63) is 18.2 Å². The van der Waals surface area contributed by atoms with E-state index < -0.39 is 5.97 Å². The number of hydrogen-bond acceptors (Lipinski definition) is 4. The first kappa shape index (κ1) is 14.0. The molecular formula is C12H16N4O4. The molecular weight excluding hydrogens is 264 g/mol. The van der Waals surface area contributed by atoms with Crippen molar-refractivity contribution in [2.24, 2.45) is 5.92 Å². The minimum atomic E-state index is -1.08. The predicted molar refractivity (Wildman–Crippen MR) is 67.9 cm³/mol. The number of hydrogen-bond donors (Lipinski definition) is 3. The molecule has 0 radical (unpaired) electrons. The van der Waals surface area contributed by atoms with Crippen LogP contribution in [0.25, 0.3) is 0 Å². The molecule has 2 rings (SSSR count). The average Bonchev–Trinajstić information content (AvgIpc) is 2.88. The number of imidazole rings is 1. The molecule has 0 aliphatic carbocycles. The summed E-state index contributed by atoms with van der Waals surface area (Å²) in [5.41, 5.74) is -0.0219. The van der Waals surface area contributed by atoms with Crippen molar-refractivity contribution in [1.82, 2.24) is 20.2 Å². The molecule has 8 heteroatoms. The van der Waals surface area contributed by atoms with Crippen LogP contribution in [0.5, 0.6) is 0 Å². The summed E-state index contributed by atoms with van der Waals surface area (Å²) in [6, 6.07) is 0. The van der Waals surface area contributed by atoms with Gasteiger partial charge in [-0.3, -0.25) is 9.59 Å². The standard InChI is InChI=1S/C12H16N4O4/c17-10-2-1-8(5-14-10)11(18)13-3-4-16-6-9(12(19)20)15-7-16/h6-8H,1-5H2,(H,13,18)(H,14,17)(H,19,20). The Morgan fingerprint density at radius 2 is 2.35 bits per heavy atom. The molecule has 1 aliphatic heterocycles. The van der Waals surface area contributed by atoms with Gasteiger partial charge in [0.25, 0.3) is 0 Å². The highest BCUT2D eigenvalue weighted by Crippen LogP contribution is 2.10. The van der Waals surface area contributed by atoms with E-state index in [2.05, 4.69) is 15.6 Å². The second kappa shape index (κ2) is 6.18. The lowest BCUT2D eigenvalue weighted by Crippen LogP contribution is -2.43. The molecule has 0 saturated carbocycles. The van der Waals surface area contributed by atoms with Crippen LogP contribution in [0.1, 0.15) is 23.3 Å². The minimum absolute atomic E-state index is 0.0198. The normalized spacial score (nSPS) is 18.4. The van der Waals surface area contributed by atoms with Gasteiger partial charge in [0.15, 0.2) is 5.69 Å². The number of carbonyl (C=O) groups excluding carboxylic acids is 2. The lowest BCUT2D eigenvalue weighted by atomic mass is 9.98. The Morgan fingerprint density at radius 3 is 2.95 bits per heavy atom. The highest BCUT2D eigenvalue weighted by molar-refractivity contribution is 5.85. The van der Waals surface area contributed by atoms with Crippen LogP contribution in [0.2, 0.25) is 0 Å². The number of carboxylic acids is 1. The molecule has 2 amide bonds. The zero-order valence-corrected chi connectivity index (χ0v) is 10.8. The first-order valence-corrected chi connectivity index (χ1v) is 6.35. The van der Waals surface area contributed by atoms with Crippen LogP contribution in [0.3, 0.4) is 0 Å². The molecule has 2 heterocycles. The molecule has 1 aromatic heterocycles. The third-order valence-electron chi connectivity index (χ3n) is 3.16. The van der Waals surface area contributed by atoms with Crippen LogP contribution in [-0.4, -0.2) is 45.5 Å². The predicted octanol–water partition coefficient (Wildman–Crippen LogP) is -0.776. The number of rotatable bonds is 5. The number of amides is 2. The molecule has 8 nitrogen and oxygen atoms in total. The van der Waals surface area contributed by atoms with Gasteiger partial charge >= 0.3 is 5.97 Å². The largest absolute Gasteiger partial charge is 0.476 e. The average molecular weight is 280 g/mol. The number of carboxylic acid groups (broad SMARTS) is 1. The summed E-state index contributed by atoms with van der Waals surface area (Å²) >= 11 is 0. The SMILES string of the molecule is O=C1CCC(C(=O)NCCn2cnc(C(=O)O)c2)CN1. The van der Waals surface area contributed by atoms with E-state index in [0.29, 0.717) is 32.5 Å². The van der Waals surface area contributed by atoms with Crippen LogP contribution in [0, 0.1) is 5.92 Å². The number of piperidine rings is 1. The van der Waals surface area contributed by atoms with Crippen LogP contribution in [0.15, 0.2) is 12.5 Å². The zero-order valence-electron chi connectivity index (χ0n) is 10.8. The molecule has 1 aliphatic rings. The van der Waals surface area contributed by atoms with Crippen molar-refractivity contribution in [3.63, 3.8) is 0 Å². The van der Waals surface area contributed by atoms with E-state index in [9.17, 15) is 14.4 Å². The van der Waals surface area contributed by atoms with E-state index in [1.54, 1.807) is 4.57 Å². The molecule has 20 heavy (non-hydrogen) atoms. The number of aromatic carboxylic acids is 1. The third-order valence-corrected chi connectivity index (χ3v) is 3.16. The van der Waals surface area contributed by atoms with Crippen molar-refractivity contribution in [3.8, 4) is 0 Å². The molecule has 1 saturated heterocycles. The summed E-state index contributed by atoms with van der Waals surface area (Å²) in [7, 11) is 0. The van der Waals surface area contributed by atoms with Gasteiger partial charge in [0.05, 0.1) is 12.2 Å². The lowest BCUT2D eigenvalue weighted by molar-refractivity contribution is -0.128. The Kier molecular flexibility index (Phi) is 4.34. The van der Waals surface area contributed by atoms with Crippen molar-refractivity contribution in [2.45, 2.75) is 19.4 Å². The van der Waals surface area contributed by atoms with E-state index >= 15 is 0 Å². The molecule has 1 atom stereocenters. The Balaban J connectivity index is 1.73. The minimum Gasteiger partial charge on any atom is -0.476 e. The highest BCUT2D eigenvalue weighted by Gasteiger charge is 2.23. The highest BCUT2D eigenvalue weighted by atomic mass is 16.4.